The number of nitrogens with two attached hydrogens (primary N) is 1. The molecule has 102 valence electrons. The Hall–Kier alpha value is -1.47. The first-order chi connectivity index (χ1) is 8.62. The highest BCUT2D eigenvalue weighted by molar-refractivity contribution is 5.76. The van der Waals surface area contributed by atoms with Gasteiger partial charge in [-0.05, 0) is 13.8 Å². The van der Waals surface area contributed by atoms with Crippen LogP contribution in [0.2, 0.25) is 0 Å². The molecule has 1 aromatic heterocycles. The van der Waals surface area contributed by atoms with Gasteiger partial charge in [0.25, 0.3) is 0 Å². The first-order valence-corrected chi connectivity index (χ1v) is 5.99. The van der Waals surface area contributed by atoms with Crippen molar-refractivity contribution in [3.8, 4) is 0 Å². The summed E-state index contributed by atoms with van der Waals surface area (Å²) in [5.74, 6) is -0.00415. The van der Waals surface area contributed by atoms with Crippen LogP contribution in [0.15, 0.2) is 6.20 Å². The number of likely N-dealkylation sites (N-methyl/N-ethyl adjacent to an activating group) is 1. The molecule has 0 aliphatic rings. The summed E-state index contributed by atoms with van der Waals surface area (Å²) < 4.78 is 6.57. The van der Waals surface area contributed by atoms with E-state index in [1.165, 1.54) is 4.68 Å². The Morgan fingerprint density at radius 1 is 1.67 bits per heavy atom. The molecule has 1 heterocycles. The van der Waals surface area contributed by atoms with Gasteiger partial charge in [-0.25, -0.2) is 4.68 Å². The van der Waals surface area contributed by atoms with E-state index in [1.54, 1.807) is 18.2 Å². The largest absolute Gasteiger partial charge is 0.383 e. The van der Waals surface area contributed by atoms with Gasteiger partial charge in [-0.15, -0.1) is 5.10 Å². The Morgan fingerprint density at radius 2 is 2.39 bits per heavy atom. The Kier molecular flexibility index (Phi) is 5.73. The smallest absolute Gasteiger partial charge is 0.244 e. The maximum atomic E-state index is 12.1. The predicted octanol–water partition coefficient (Wildman–Crippen LogP) is -0.380. The minimum Gasteiger partial charge on any atom is -0.383 e. The molecular formula is C11H21N5O2. The molecule has 0 aliphatic carbocycles. The van der Waals surface area contributed by atoms with Crippen molar-refractivity contribution in [1.29, 1.82) is 0 Å². The zero-order valence-corrected chi connectivity index (χ0v) is 11.2. The lowest BCUT2D eigenvalue weighted by Gasteiger charge is -2.27. The van der Waals surface area contributed by atoms with E-state index in [1.807, 2.05) is 13.8 Å². The fraction of sp³-hybridized carbons (Fsp3) is 0.727. The second-order valence-electron chi connectivity index (χ2n) is 4.10. The quantitative estimate of drug-likeness (QED) is 0.717. The topological polar surface area (TPSA) is 86.3 Å². The van der Waals surface area contributed by atoms with Gasteiger partial charge in [0.1, 0.15) is 6.54 Å². The minimum atomic E-state index is -0.00415. The van der Waals surface area contributed by atoms with Crippen molar-refractivity contribution < 1.29 is 9.53 Å². The van der Waals surface area contributed by atoms with Gasteiger partial charge in [0.15, 0.2) is 0 Å². The van der Waals surface area contributed by atoms with Crippen LogP contribution in [0.4, 0.5) is 0 Å². The van der Waals surface area contributed by atoms with Crippen LogP contribution in [-0.4, -0.2) is 52.1 Å². The highest BCUT2D eigenvalue weighted by atomic mass is 16.5. The third-order valence-corrected chi connectivity index (χ3v) is 2.69. The lowest BCUT2D eigenvalue weighted by molar-refractivity contribution is -0.134. The molecular weight excluding hydrogens is 234 g/mol. The maximum absolute atomic E-state index is 12.1. The Morgan fingerprint density at radius 3 is 2.89 bits per heavy atom. The zero-order valence-electron chi connectivity index (χ0n) is 11.2. The van der Waals surface area contributed by atoms with E-state index < -0.39 is 0 Å². The molecule has 18 heavy (non-hydrogen) atoms. The number of rotatable bonds is 7. The van der Waals surface area contributed by atoms with E-state index in [2.05, 4.69) is 10.3 Å². The second-order valence-corrected chi connectivity index (χ2v) is 4.10. The van der Waals surface area contributed by atoms with Crippen LogP contribution >= 0.6 is 0 Å². The molecule has 0 saturated carbocycles. The summed E-state index contributed by atoms with van der Waals surface area (Å²) in [6.45, 7) is 5.56. The van der Waals surface area contributed by atoms with E-state index in [0.29, 0.717) is 25.4 Å². The van der Waals surface area contributed by atoms with Gasteiger partial charge < -0.3 is 15.4 Å². The van der Waals surface area contributed by atoms with Crippen LogP contribution in [-0.2, 0) is 22.6 Å². The van der Waals surface area contributed by atoms with E-state index in [0.717, 1.165) is 0 Å². The molecule has 0 saturated heterocycles. The fourth-order valence-electron chi connectivity index (χ4n) is 1.80. The number of hydrogen-bond donors (Lipinski definition) is 1. The summed E-state index contributed by atoms with van der Waals surface area (Å²) in [6, 6.07) is 0.0463. The van der Waals surface area contributed by atoms with Crippen molar-refractivity contribution in [2.45, 2.75) is 33.0 Å². The average Bonchev–Trinajstić information content (AvgIpc) is 2.78. The van der Waals surface area contributed by atoms with E-state index in [4.69, 9.17) is 10.5 Å². The zero-order chi connectivity index (χ0) is 13.5. The number of carbonyl (C=O) groups excluding carboxylic acids is 1. The van der Waals surface area contributed by atoms with Crippen molar-refractivity contribution in [2.24, 2.45) is 5.73 Å². The third kappa shape index (κ3) is 3.78. The average molecular weight is 255 g/mol. The molecule has 1 rings (SSSR count). The first-order valence-electron chi connectivity index (χ1n) is 5.99. The Labute approximate surface area is 107 Å². The van der Waals surface area contributed by atoms with Gasteiger partial charge >= 0.3 is 0 Å². The molecule has 0 bridgehead atoms. The number of hydrogen-bond acceptors (Lipinski definition) is 5. The van der Waals surface area contributed by atoms with Crippen molar-refractivity contribution in [3.63, 3.8) is 0 Å². The van der Waals surface area contributed by atoms with Crippen LogP contribution < -0.4 is 5.73 Å². The summed E-state index contributed by atoms with van der Waals surface area (Å²) in [4.78, 5) is 13.9. The number of methoxy groups -OCH3 is 1. The maximum Gasteiger partial charge on any atom is 0.244 e. The highest BCUT2D eigenvalue weighted by Crippen LogP contribution is 2.02. The molecule has 0 spiro atoms. The summed E-state index contributed by atoms with van der Waals surface area (Å²) >= 11 is 0. The number of amides is 1. The normalized spacial score (nSPS) is 12.4. The number of nitrogens with zero attached hydrogens (tertiary/aromatic N) is 4. The van der Waals surface area contributed by atoms with Crippen LogP contribution in [0.5, 0.6) is 0 Å². The molecule has 0 aliphatic heterocycles. The van der Waals surface area contributed by atoms with Crippen molar-refractivity contribution >= 4 is 5.91 Å². The van der Waals surface area contributed by atoms with Crippen molar-refractivity contribution in [1.82, 2.24) is 19.9 Å². The van der Waals surface area contributed by atoms with Gasteiger partial charge in [0.05, 0.1) is 24.5 Å². The van der Waals surface area contributed by atoms with E-state index >= 15 is 0 Å². The molecule has 1 unspecified atom stereocenters. The van der Waals surface area contributed by atoms with Crippen molar-refractivity contribution in [3.05, 3.63) is 11.9 Å². The van der Waals surface area contributed by atoms with Crippen LogP contribution in [0.1, 0.15) is 19.5 Å². The van der Waals surface area contributed by atoms with Gasteiger partial charge in [0.2, 0.25) is 5.91 Å². The summed E-state index contributed by atoms with van der Waals surface area (Å²) in [5.41, 5.74) is 6.12. The third-order valence-electron chi connectivity index (χ3n) is 2.69. The standard InChI is InChI=1S/C11H21N5O2/c1-4-16(9(2)8-18-3)11(17)7-15-6-10(5-12)13-14-15/h6,9H,4-5,7-8,12H2,1-3H3. The molecule has 7 heteroatoms. The summed E-state index contributed by atoms with van der Waals surface area (Å²) in [7, 11) is 1.62. The van der Waals surface area contributed by atoms with Crippen LogP contribution in [0.25, 0.3) is 0 Å². The van der Waals surface area contributed by atoms with Crippen LogP contribution in [0, 0.1) is 0 Å². The molecule has 1 amide bonds. The molecule has 0 radical (unpaired) electrons. The number of carbonyl (C=O) groups is 1. The Bertz CT molecular complexity index is 379. The van der Waals surface area contributed by atoms with E-state index in [-0.39, 0.29) is 18.5 Å². The predicted molar refractivity (Wildman–Crippen MR) is 66.6 cm³/mol. The van der Waals surface area contributed by atoms with Gasteiger partial charge in [0, 0.05) is 20.2 Å². The lowest BCUT2D eigenvalue weighted by Crippen LogP contribution is -2.42. The van der Waals surface area contributed by atoms with Crippen molar-refractivity contribution in [2.75, 3.05) is 20.3 Å². The van der Waals surface area contributed by atoms with Gasteiger partial charge in [-0.3, -0.25) is 4.79 Å². The molecule has 7 nitrogen and oxygen atoms in total. The van der Waals surface area contributed by atoms with Gasteiger partial charge in [-0.2, -0.15) is 0 Å². The number of ether oxygens (including phenoxy) is 1. The summed E-state index contributed by atoms with van der Waals surface area (Å²) in [6.07, 6.45) is 1.69. The monoisotopic (exact) mass is 255 g/mol. The van der Waals surface area contributed by atoms with E-state index in [9.17, 15) is 4.79 Å². The Balaban J connectivity index is 2.61. The molecule has 2 N–H and O–H groups in total. The first kappa shape index (κ1) is 14.6. The SMILES string of the molecule is CCN(C(=O)Cn1cc(CN)nn1)C(C)COC. The fourth-order valence-corrected chi connectivity index (χ4v) is 1.80. The molecule has 0 fully saturated rings. The molecule has 1 aromatic rings. The summed E-state index contributed by atoms with van der Waals surface area (Å²) in [5, 5.41) is 7.70. The second kappa shape index (κ2) is 7.07. The molecule has 0 aromatic carbocycles. The lowest BCUT2D eigenvalue weighted by atomic mass is 10.3. The minimum absolute atomic E-state index is 0.00415. The molecule has 1 atom stereocenters. The van der Waals surface area contributed by atoms with Crippen LogP contribution in [0.3, 0.4) is 0 Å². The highest BCUT2D eigenvalue weighted by Gasteiger charge is 2.18. The van der Waals surface area contributed by atoms with Gasteiger partial charge in [-0.1, -0.05) is 5.21 Å². The number of aromatic nitrogens is 3.